The molecule has 0 spiro atoms. The number of amides is 1. The molecule has 0 radical (unpaired) electrons. The Bertz CT molecular complexity index is 729. The lowest BCUT2D eigenvalue weighted by molar-refractivity contribution is -0.385. The molecule has 2 aromatic rings. The first-order chi connectivity index (χ1) is 10.9. The second kappa shape index (κ2) is 7.24. The molecular formula is C17H17ClN2O3. The Balaban J connectivity index is 2.29. The summed E-state index contributed by atoms with van der Waals surface area (Å²) in [5.41, 5.74) is 1.28. The van der Waals surface area contributed by atoms with Gasteiger partial charge in [0.15, 0.2) is 0 Å². The number of hydrogen-bond donors (Lipinski definition) is 1. The number of nitrogens with one attached hydrogen (secondary N) is 1. The molecule has 1 unspecified atom stereocenters. The fourth-order valence-corrected chi connectivity index (χ4v) is 2.56. The van der Waals surface area contributed by atoms with E-state index in [1.54, 1.807) is 31.2 Å². The van der Waals surface area contributed by atoms with Gasteiger partial charge in [-0.15, -0.1) is 0 Å². The molecule has 0 heterocycles. The number of nitro groups is 1. The minimum absolute atomic E-state index is 0.0717. The molecule has 0 saturated carbocycles. The van der Waals surface area contributed by atoms with Gasteiger partial charge in [0.1, 0.15) is 5.56 Å². The third-order valence-corrected chi connectivity index (χ3v) is 3.90. The molecule has 0 aromatic heterocycles. The van der Waals surface area contributed by atoms with Crippen LogP contribution >= 0.6 is 11.6 Å². The highest BCUT2D eigenvalue weighted by molar-refractivity contribution is 6.30. The second-order valence-electron chi connectivity index (χ2n) is 5.21. The topological polar surface area (TPSA) is 72.2 Å². The van der Waals surface area contributed by atoms with Crippen molar-refractivity contribution in [3.05, 3.63) is 74.3 Å². The van der Waals surface area contributed by atoms with E-state index in [0.717, 1.165) is 5.56 Å². The lowest BCUT2D eigenvalue weighted by atomic mass is 10.0. The molecule has 0 aliphatic rings. The summed E-state index contributed by atoms with van der Waals surface area (Å²) in [5.74, 6) is -0.456. The molecule has 120 valence electrons. The number of rotatable bonds is 5. The van der Waals surface area contributed by atoms with Gasteiger partial charge in [0, 0.05) is 10.6 Å². The number of halogens is 1. The molecule has 6 heteroatoms. The lowest BCUT2D eigenvalue weighted by Gasteiger charge is -2.18. The molecule has 0 saturated heterocycles. The highest BCUT2D eigenvalue weighted by Crippen LogP contribution is 2.25. The van der Waals surface area contributed by atoms with E-state index in [2.05, 4.69) is 5.32 Å². The minimum atomic E-state index is -0.520. The molecule has 0 fully saturated rings. The molecule has 5 nitrogen and oxygen atoms in total. The predicted octanol–water partition coefficient (Wildman–Crippen LogP) is 4.44. The van der Waals surface area contributed by atoms with Crippen LogP contribution in [0.25, 0.3) is 0 Å². The molecule has 1 atom stereocenters. The quantitative estimate of drug-likeness (QED) is 0.650. The minimum Gasteiger partial charge on any atom is -0.345 e. The zero-order valence-corrected chi connectivity index (χ0v) is 13.6. The number of aryl methyl sites for hydroxylation is 1. The summed E-state index contributed by atoms with van der Waals surface area (Å²) in [6.07, 6.45) is 0.660. The fourth-order valence-electron chi connectivity index (χ4n) is 2.44. The first-order valence-electron chi connectivity index (χ1n) is 7.24. The number of benzene rings is 2. The van der Waals surface area contributed by atoms with E-state index in [1.807, 2.05) is 19.1 Å². The molecule has 0 aliphatic carbocycles. The zero-order chi connectivity index (χ0) is 17.0. The normalized spacial score (nSPS) is 11.8. The van der Waals surface area contributed by atoms with Crippen LogP contribution in [0.5, 0.6) is 0 Å². The molecular weight excluding hydrogens is 316 g/mol. The summed E-state index contributed by atoms with van der Waals surface area (Å²) < 4.78 is 0. The van der Waals surface area contributed by atoms with Gasteiger partial charge in [-0.1, -0.05) is 42.8 Å². The second-order valence-corrected chi connectivity index (χ2v) is 5.65. The summed E-state index contributed by atoms with van der Waals surface area (Å²) in [6.45, 7) is 3.55. The van der Waals surface area contributed by atoms with Gasteiger partial charge >= 0.3 is 0 Å². The molecule has 1 N–H and O–H groups in total. The Hall–Kier alpha value is -2.40. The number of carbonyl (C=O) groups is 1. The van der Waals surface area contributed by atoms with Crippen molar-refractivity contribution in [3.63, 3.8) is 0 Å². The van der Waals surface area contributed by atoms with E-state index in [0.29, 0.717) is 17.0 Å². The van der Waals surface area contributed by atoms with Crippen LogP contribution in [0.1, 0.15) is 40.9 Å². The standard InChI is InChI=1S/C17H17ClN2O3/c1-3-15(12-7-9-13(18)10-8-12)19-17(21)14-6-4-5-11(2)16(14)20(22)23/h4-10,15H,3H2,1-2H3,(H,19,21). The van der Waals surface area contributed by atoms with Crippen LogP contribution in [0.4, 0.5) is 5.69 Å². The molecule has 2 aromatic carbocycles. The number of carbonyl (C=O) groups excluding carboxylic acids is 1. The zero-order valence-electron chi connectivity index (χ0n) is 12.9. The van der Waals surface area contributed by atoms with Crippen LogP contribution in [0.2, 0.25) is 5.02 Å². The van der Waals surface area contributed by atoms with Crippen molar-refractivity contribution in [3.8, 4) is 0 Å². The van der Waals surface area contributed by atoms with Crippen molar-refractivity contribution < 1.29 is 9.72 Å². The largest absolute Gasteiger partial charge is 0.345 e. The third-order valence-electron chi connectivity index (χ3n) is 3.65. The Labute approximate surface area is 139 Å². The van der Waals surface area contributed by atoms with Gasteiger partial charge in [0.25, 0.3) is 11.6 Å². The van der Waals surface area contributed by atoms with Crippen molar-refractivity contribution in [2.45, 2.75) is 26.3 Å². The van der Waals surface area contributed by atoms with Crippen LogP contribution in [0.15, 0.2) is 42.5 Å². The third kappa shape index (κ3) is 3.87. The van der Waals surface area contributed by atoms with Gasteiger partial charge in [-0.2, -0.15) is 0 Å². The summed E-state index contributed by atoms with van der Waals surface area (Å²) in [6, 6.07) is 11.7. The average molecular weight is 333 g/mol. The van der Waals surface area contributed by atoms with Crippen LogP contribution in [0, 0.1) is 17.0 Å². The Morgan fingerprint density at radius 1 is 1.26 bits per heavy atom. The van der Waals surface area contributed by atoms with Crippen LogP contribution < -0.4 is 5.32 Å². The molecule has 23 heavy (non-hydrogen) atoms. The van der Waals surface area contributed by atoms with Crippen LogP contribution in [-0.4, -0.2) is 10.8 Å². The van der Waals surface area contributed by atoms with Crippen LogP contribution in [-0.2, 0) is 0 Å². The van der Waals surface area contributed by atoms with Gasteiger partial charge in [-0.05, 0) is 37.1 Å². The van der Waals surface area contributed by atoms with Gasteiger partial charge in [0.2, 0.25) is 0 Å². The summed E-state index contributed by atoms with van der Waals surface area (Å²) in [5, 5.41) is 14.7. The van der Waals surface area contributed by atoms with Gasteiger partial charge in [-0.25, -0.2) is 0 Å². The van der Waals surface area contributed by atoms with Crippen molar-refractivity contribution >= 4 is 23.2 Å². The predicted molar refractivity (Wildman–Crippen MR) is 89.8 cm³/mol. The van der Waals surface area contributed by atoms with Gasteiger partial charge < -0.3 is 5.32 Å². The molecule has 2 rings (SSSR count). The van der Waals surface area contributed by atoms with Gasteiger partial charge in [0.05, 0.1) is 11.0 Å². The smallest absolute Gasteiger partial charge is 0.285 e. The van der Waals surface area contributed by atoms with Crippen LogP contribution in [0.3, 0.4) is 0 Å². The highest BCUT2D eigenvalue weighted by Gasteiger charge is 2.24. The summed E-state index contributed by atoms with van der Waals surface area (Å²) in [4.78, 5) is 23.2. The summed E-state index contributed by atoms with van der Waals surface area (Å²) >= 11 is 5.87. The van der Waals surface area contributed by atoms with E-state index in [1.165, 1.54) is 6.07 Å². The maximum atomic E-state index is 12.5. The maximum absolute atomic E-state index is 12.5. The van der Waals surface area contributed by atoms with E-state index in [4.69, 9.17) is 11.6 Å². The Morgan fingerprint density at radius 3 is 2.48 bits per heavy atom. The van der Waals surface area contributed by atoms with Crippen molar-refractivity contribution in [1.29, 1.82) is 0 Å². The monoisotopic (exact) mass is 332 g/mol. The van der Waals surface area contributed by atoms with Crippen molar-refractivity contribution in [1.82, 2.24) is 5.32 Å². The molecule has 0 aliphatic heterocycles. The Kier molecular flexibility index (Phi) is 5.34. The number of nitro benzene ring substituents is 1. The first kappa shape index (κ1) is 17.0. The number of nitrogens with zero attached hydrogens (tertiary/aromatic N) is 1. The molecule has 0 bridgehead atoms. The lowest BCUT2D eigenvalue weighted by Crippen LogP contribution is -2.28. The van der Waals surface area contributed by atoms with E-state index < -0.39 is 10.8 Å². The van der Waals surface area contributed by atoms with E-state index >= 15 is 0 Å². The fraction of sp³-hybridized carbons (Fsp3) is 0.235. The summed E-state index contributed by atoms with van der Waals surface area (Å²) in [7, 11) is 0. The average Bonchev–Trinajstić information content (AvgIpc) is 2.52. The van der Waals surface area contributed by atoms with Gasteiger partial charge in [-0.3, -0.25) is 14.9 Å². The SMILES string of the molecule is CCC(NC(=O)c1cccc(C)c1[N+](=O)[O-])c1ccc(Cl)cc1. The van der Waals surface area contributed by atoms with Crippen molar-refractivity contribution in [2.24, 2.45) is 0 Å². The first-order valence-corrected chi connectivity index (χ1v) is 7.62. The van der Waals surface area contributed by atoms with E-state index in [9.17, 15) is 14.9 Å². The highest BCUT2D eigenvalue weighted by atomic mass is 35.5. The number of para-hydroxylation sites is 1. The molecule has 1 amide bonds. The number of hydrogen-bond acceptors (Lipinski definition) is 3. The van der Waals surface area contributed by atoms with E-state index in [-0.39, 0.29) is 17.3 Å². The Morgan fingerprint density at radius 2 is 1.91 bits per heavy atom. The maximum Gasteiger partial charge on any atom is 0.285 e. The van der Waals surface area contributed by atoms with Crippen molar-refractivity contribution in [2.75, 3.05) is 0 Å².